The Kier molecular flexibility index (Phi) is 5.68. The number of methoxy groups -OCH3 is 1. The number of imide groups is 1. The lowest BCUT2D eigenvalue weighted by molar-refractivity contribution is -0.149. The molecule has 28 heavy (non-hydrogen) atoms. The Morgan fingerprint density at radius 3 is 2.68 bits per heavy atom. The fourth-order valence-corrected chi connectivity index (χ4v) is 5.54. The molecule has 0 spiro atoms. The number of carbonyl (C=O) groups excluding carboxylic acids is 3. The molecule has 0 unspecified atom stereocenters. The summed E-state index contributed by atoms with van der Waals surface area (Å²) in [5.74, 6) is -0.386. The van der Waals surface area contributed by atoms with Crippen molar-refractivity contribution in [3.8, 4) is 0 Å². The van der Waals surface area contributed by atoms with Gasteiger partial charge in [-0.25, -0.2) is 4.79 Å². The normalized spacial score (nSPS) is 26.1. The first-order chi connectivity index (χ1) is 13.6. The van der Waals surface area contributed by atoms with Crippen molar-refractivity contribution in [2.45, 2.75) is 63.2 Å². The van der Waals surface area contributed by atoms with Crippen molar-refractivity contribution in [2.75, 3.05) is 20.3 Å². The molecule has 3 heterocycles. The Bertz CT molecular complexity index is 732. The van der Waals surface area contributed by atoms with Crippen LogP contribution in [0.15, 0.2) is 17.5 Å². The zero-order chi connectivity index (χ0) is 19.7. The highest BCUT2D eigenvalue weighted by molar-refractivity contribution is 7.09. The Morgan fingerprint density at radius 1 is 1.21 bits per heavy atom. The van der Waals surface area contributed by atoms with Crippen molar-refractivity contribution < 1.29 is 19.1 Å². The molecular formula is C20H27N3O4S. The van der Waals surface area contributed by atoms with Gasteiger partial charge in [0.05, 0.1) is 12.6 Å². The van der Waals surface area contributed by atoms with E-state index >= 15 is 0 Å². The van der Waals surface area contributed by atoms with Crippen LogP contribution in [0.1, 0.15) is 43.4 Å². The molecule has 2 atom stereocenters. The number of ether oxygens (including phenoxy) is 1. The number of carbonyl (C=O) groups is 3. The van der Waals surface area contributed by atoms with E-state index in [1.54, 1.807) is 16.2 Å². The summed E-state index contributed by atoms with van der Waals surface area (Å²) >= 11 is 1.61. The monoisotopic (exact) mass is 405 g/mol. The second kappa shape index (κ2) is 8.21. The first-order valence-corrected chi connectivity index (χ1v) is 10.9. The lowest BCUT2D eigenvalue weighted by Crippen LogP contribution is -2.67. The second-order valence-electron chi connectivity index (χ2n) is 7.81. The Labute approximate surface area is 169 Å². The summed E-state index contributed by atoms with van der Waals surface area (Å²) in [5.41, 5.74) is 0. The fraction of sp³-hybridized carbons (Fsp3) is 0.650. The van der Waals surface area contributed by atoms with E-state index in [1.165, 1.54) is 12.0 Å². The van der Waals surface area contributed by atoms with Gasteiger partial charge in [-0.2, -0.15) is 0 Å². The van der Waals surface area contributed by atoms with E-state index in [4.69, 9.17) is 4.74 Å². The zero-order valence-corrected chi connectivity index (χ0v) is 17.0. The summed E-state index contributed by atoms with van der Waals surface area (Å²) in [6.45, 7) is 0.926. The molecular weight excluding hydrogens is 378 g/mol. The highest BCUT2D eigenvalue weighted by Crippen LogP contribution is 2.35. The van der Waals surface area contributed by atoms with Crippen molar-refractivity contribution in [3.63, 3.8) is 0 Å². The molecule has 3 aliphatic rings. The summed E-state index contributed by atoms with van der Waals surface area (Å²) in [7, 11) is 1.48. The van der Waals surface area contributed by atoms with Crippen LogP contribution in [0.2, 0.25) is 0 Å². The molecule has 2 saturated heterocycles. The summed E-state index contributed by atoms with van der Waals surface area (Å²) in [5, 5.41) is 1.99. The number of amides is 4. The maximum atomic E-state index is 13.4. The standard InChI is InChI=1S/C20H27N3O4S/c1-27-13-17(24)21-10-9-16-18(21)19(25)23(14-6-3-2-4-7-14)20(26)22(16)12-15-8-5-11-28-15/h5,8,11,14,16,18H,2-4,6-7,9-10,12-13H2,1H3/t16-,18+/m1/s1. The van der Waals surface area contributed by atoms with E-state index in [0.717, 1.165) is 37.0 Å². The lowest BCUT2D eigenvalue weighted by atomic mass is 9.92. The van der Waals surface area contributed by atoms with E-state index in [0.29, 0.717) is 19.5 Å². The quantitative estimate of drug-likeness (QED) is 0.755. The van der Waals surface area contributed by atoms with Gasteiger partial charge in [0.15, 0.2) is 0 Å². The number of nitrogens with zero attached hydrogens (tertiary/aromatic N) is 3. The lowest BCUT2D eigenvalue weighted by Gasteiger charge is -2.46. The van der Waals surface area contributed by atoms with Crippen molar-refractivity contribution in [1.82, 2.24) is 14.7 Å². The minimum atomic E-state index is -0.595. The van der Waals surface area contributed by atoms with Crippen LogP contribution in [0.25, 0.3) is 0 Å². The average Bonchev–Trinajstić information content (AvgIpc) is 3.36. The van der Waals surface area contributed by atoms with E-state index in [2.05, 4.69) is 0 Å². The van der Waals surface area contributed by atoms with Crippen molar-refractivity contribution in [1.29, 1.82) is 0 Å². The number of hydrogen-bond donors (Lipinski definition) is 0. The SMILES string of the molecule is COCC(=O)N1CC[C@@H]2[C@H]1C(=O)N(C1CCCCC1)C(=O)N2Cc1cccs1. The van der Waals surface area contributed by atoms with Gasteiger partial charge < -0.3 is 14.5 Å². The molecule has 1 aromatic heterocycles. The van der Waals surface area contributed by atoms with Crippen LogP contribution in [0.3, 0.4) is 0 Å². The van der Waals surface area contributed by atoms with Crippen LogP contribution in [0.5, 0.6) is 0 Å². The third-order valence-corrected chi connectivity index (χ3v) is 7.00. The van der Waals surface area contributed by atoms with Gasteiger partial charge in [-0.05, 0) is 30.7 Å². The maximum Gasteiger partial charge on any atom is 0.327 e. The topological polar surface area (TPSA) is 70.2 Å². The minimum Gasteiger partial charge on any atom is -0.375 e. The number of thiophene rings is 1. The van der Waals surface area contributed by atoms with Crippen LogP contribution >= 0.6 is 11.3 Å². The van der Waals surface area contributed by atoms with E-state index in [-0.39, 0.29) is 36.5 Å². The molecule has 8 heteroatoms. The molecule has 1 aromatic rings. The Morgan fingerprint density at radius 2 is 2.00 bits per heavy atom. The largest absolute Gasteiger partial charge is 0.375 e. The maximum absolute atomic E-state index is 13.4. The highest BCUT2D eigenvalue weighted by Gasteiger charge is 2.54. The summed E-state index contributed by atoms with van der Waals surface area (Å²) in [6.07, 6.45) is 5.55. The molecule has 152 valence electrons. The molecule has 7 nitrogen and oxygen atoms in total. The number of rotatable bonds is 5. The molecule has 0 radical (unpaired) electrons. The first kappa shape index (κ1) is 19.4. The average molecular weight is 406 g/mol. The van der Waals surface area contributed by atoms with Gasteiger partial charge in [0.25, 0.3) is 5.91 Å². The molecule has 1 saturated carbocycles. The third kappa shape index (κ3) is 3.43. The number of urea groups is 1. The molecule has 1 aliphatic carbocycles. The van der Waals surface area contributed by atoms with Crippen LogP contribution < -0.4 is 0 Å². The summed E-state index contributed by atoms with van der Waals surface area (Å²) in [6, 6.07) is 2.88. The van der Waals surface area contributed by atoms with Crippen molar-refractivity contribution in [2.24, 2.45) is 0 Å². The second-order valence-corrected chi connectivity index (χ2v) is 8.84. The number of hydrogen-bond acceptors (Lipinski definition) is 5. The predicted octanol–water partition coefficient (Wildman–Crippen LogP) is 2.46. The van der Waals surface area contributed by atoms with Gasteiger partial charge in [-0.1, -0.05) is 25.3 Å². The number of likely N-dealkylation sites (tertiary alicyclic amines) is 1. The molecule has 0 bridgehead atoms. The smallest absolute Gasteiger partial charge is 0.327 e. The highest BCUT2D eigenvalue weighted by atomic mass is 32.1. The summed E-state index contributed by atoms with van der Waals surface area (Å²) in [4.78, 5) is 45.4. The Hall–Kier alpha value is -1.93. The van der Waals surface area contributed by atoms with Gasteiger partial charge in [0.1, 0.15) is 12.6 Å². The van der Waals surface area contributed by atoms with Gasteiger partial charge in [-0.15, -0.1) is 11.3 Å². The van der Waals surface area contributed by atoms with Gasteiger partial charge in [-0.3, -0.25) is 14.5 Å². The van der Waals surface area contributed by atoms with Crippen LogP contribution in [-0.2, 0) is 20.9 Å². The minimum absolute atomic E-state index is 0.0429. The van der Waals surface area contributed by atoms with Gasteiger partial charge in [0, 0.05) is 24.6 Å². The van der Waals surface area contributed by atoms with Crippen molar-refractivity contribution in [3.05, 3.63) is 22.4 Å². The van der Waals surface area contributed by atoms with E-state index in [1.807, 2.05) is 22.4 Å². The molecule has 0 N–H and O–H groups in total. The summed E-state index contributed by atoms with van der Waals surface area (Å²) < 4.78 is 5.01. The van der Waals surface area contributed by atoms with Crippen LogP contribution in [-0.4, -0.2) is 70.9 Å². The molecule has 3 fully saturated rings. The fourth-order valence-electron chi connectivity index (χ4n) is 4.83. The molecule has 4 rings (SSSR count). The predicted molar refractivity (Wildman–Crippen MR) is 105 cm³/mol. The van der Waals surface area contributed by atoms with E-state index < -0.39 is 6.04 Å². The van der Waals surface area contributed by atoms with E-state index in [9.17, 15) is 14.4 Å². The van der Waals surface area contributed by atoms with Gasteiger partial charge in [0.2, 0.25) is 5.91 Å². The molecule has 2 aliphatic heterocycles. The molecule has 4 amide bonds. The van der Waals surface area contributed by atoms with Crippen LogP contribution in [0, 0.1) is 0 Å². The number of fused-ring (bicyclic) bond motifs is 1. The third-order valence-electron chi connectivity index (χ3n) is 6.14. The zero-order valence-electron chi connectivity index (χ0n) is 16.2. The Balaban J connectivity index is 1.65. The van der Waals surface area contributed by atoms with Crippen LogP contribution in [0.4, 0.5) is 4.79 Å². The molecule has 0 aromatic carbocycles. The van der Waals surface area contributed by atoms with Gasteiger partial charge >= 0.3 is 6.03 Å². The van der Waals surface area contributed by atoms with Crippen molar-refractivity contribution >= 4 is 29.2 Å². The first-order valence-electron chi connectivity index (χ1n) is 10.1.